The highest BCUT2D eigenvalue weighted by Crippen LogP contribution is 2.11. The first-order valence-corrected chi connectivity index (χ1v) is 8.77. The first-order chi connectivity index (χ1) is 12.5. The first-order valence-electron chi connectivity index (χ1n) is 7.89. The van der Waals surface area contributed by atoms with E-state index in [2.05, 4.69) is 10.3 Å². The Labute approximate surface area is 153 Å². The van der Waals surface area contributed by atoms with Crippen molar-refractivity contribution in [3.8, 4) is 0 Å². The second kappa shape index (κ2) is 7.49. The predicted octanol–water partition coefficient (Wildman–Crippen LogP) is 1.58. The molecule has 1 atom stereocenters. The van der Waals surface area contributed by atoms with Gasteiger partial charge in [0.25, 0.3) is 11.5 Å². The number of aryl methyl sites for hydroxylation is 1. The normalized spacial score (nSPS) is 11.9. The number of rotatable bonds is 5. The van der Waals surface area contributed by atoms with E-state index in [1.54, 1.807) is 12.3 Å². The number of carbonyl (C=O) groups is 2. The van der Waals surface area contributed by atoms with Crippen LogP contribution >= 0.6 is 11.3 Å². The predicted molar refractivity (Wildman–Crippen MR) is 97.5 cm³/mol. The minimum Gasteiger partial charge on any atom is -0.467 e. The summed E-state index contributed by atoms with van der Waals surface area (Å²) in [5, 5.41) is 4.38. The van der Waals surface area contributed by atoms with Crippen LogP contribution in [0.1, 0.15) is 21.6 Å². The van der Waals surface area contributed by atoms with Crippen LogP contribution in [0, 0.1) is 6.92 Å². The van der Waals surface area contributed by atoms with E-state index < -0.39 is 23.5 Å². The number of amides is 1. The van der Waals surface area contributed by atoms with Crippen LogP contribution in [0.5, 0.6) is 0 Å². The minimum absolute atomic E-state index is 0.119. The van der Waals surface area contributed by atoms with Crippen LogP contribution in [0.25, 0.3) is 4.96 Å². The molecule has 1 N–H and O–H groups in total. The third-order valence-electron chi connectivity index (χ3n) is 3.93. The van der Waals surface area contributed by atoms with Crippen LogP contribution in [-0.4, -0.2) is 34.4 Å². The number of nitrogens with zero attached hydrogens (tertiary/aromatic N) is 2. The average Bonchev–Trinajstić information content (AvgIpc) is 3.03. The number of hydrogen-bond donors (Lipinski definition) is 1. The fourth-order valence-corrected chi connectivity index (χ4v) is 3.43. The summed E-state index contributed by atoms with van der Waals surface area (Å²) in [6.07, 6.45) is 1.49. The first kappa shape index (κ1) is 17.8. The number of benzene rings is 1. The molecule has 8 heteroatoms. The number of fused-ring (bicyclic) bond motifs is 1. The molecular formula is C18H17N3O4S. The Kier molecular flexibility index (Phi) is 5.13. The lowest BCUT2D eigenvalue weighted by molar-refractivity contribution is -0.142. The molecule has 0 bridgehead atoms. The molecule has 0 saturated heterocycles. The molecule has 0 aliphatic carbocycles. The fraction of sp³-hybridized carbons (Fsp3) is 0.222. The number of hydrogen-bond acceptors (Lipinski definition) is 6. The Morgan fingerprint density at radius 2 is 2.04 bits per heavy atom. The fourth-order valence-electron chi connectivity index (χ4n) is 2.60. The van der Waals surface area contributed by atoms with E-state index in [9.17, 15) is 14.4 Å². The van der Waals surface area contributed by atoms with Gasteiger partial charge in [0.1, 0.15) is 11.6 Å². The minimum atomic E-state index is -0.904. The summed E-state index contributed by atoms with van der Waals surface area (Å²) in [7, 11) is 1.25. The molecule has 0 aliphatic heterocycles. The molecule has 3 aromatic rings. The number of aromatic nitrogens is 2. The van der Waals surface area contributed by atoms with E-state index in [1.807, 2.05) is 30.3 Å². The van der Waals surface area contributed by atoms with Crippen LogP contribution in [0.3, 0.4) is 0 Å². The van der Waals surface area contributed by atoms with E-state index >= 15 is 0 Å². The molecule has 0 aliphatic rings. The molecule has 0 fully saturated rings. The SMILES string of the molecule is COC(=O)[C@@H](Cc1ccccc1)NC(=O)c1cnc2scc(C)n2c1=O. The van der Waals surface area contributed by atoms with E-state index in [4.69, 9.17) is 4.74 Å². The zero-order valence-corrected chi connectivity index (χ0v) is 15.1. The number of methoxy groups -OCH3 is 1. The highest BCUT2D eigenvalue weighted by atomic mass is 32.1. The van der Waals surface area contributed by atoms with Crippen molar-refractivity contribution < 1.29 is 14.3 Å². The second-order valence-corrected chi connectivity index (χ2v) is 6.55. The van der Waals surface area contributed by atoms with Crippen molar-refractivity contribution >= 4 is 28.2 Å². The lowest BCUT2D eigenvalue weighted by Crippen LogP contribution is -2.44. The van der Waals surface area contributed by atoms with Gasteiger partial charge in [-0.05, 0) is 12.5 Å². The van der Waals surface area contributed by atoms with Gasteiger partial charge in [0.15, 0.2) is 4.96 Å². The number of esters is 1. The monoisotopic (exact) mass is 371 g/mol. The van der Waals surface area contributed by atoms with Crippen LogP contribution in [-0.2, 0) is 16.0 Å². The Balaban J connectivity index is 1.88. The lowest BCUT2D eigenvalue weighted by atomic mass is 10.1. The zero-order valence-electron chi connectivity index (χ0n) is 14.3. The van der Waals surface area contributed by atoms with Crippen LogP contribution in [0.2, 0.25) is 0 Å². The maximum Gasteiger partial charge on any atom is 0.328 e. The van der Waals surface area contributed by atoms with Crippen molar-refractivity contribution in [2.45, 2.75) is 19.4 Å². The van der Waals surface area contributed by atoms with Gasteiger partial charge in [-0.2, -0.15) is 0 Å². The molecule has 2 aromatic heterocycles. The molecule has 0 radical (unpaired) electrons. The molecule has 1 aromatic carbocycles. The van der Waals surface area contributed by atoms with Gasteiger partial charge in [-0.25, -0.2) is 9.78 Å². The van der Waals surface area contributed by atoms with Crippen molar-refractivity contribution in [1.29, 1.82) is 0 Å². The van der Waals surface area contributed by atoms with Gasteiger partial charge in [0.2, 0.25) is 0 Å². The van der Waals surface area contributed by atoms with Crippen LogP contribution in [0.4, 0.5) is 0 Å². The van der Waals surface area contributed by atoms with Crippen molar-refractivity contribution in [2.75, 3.05) is 7.11 Å². The Morgan fingerprint density at radius 3 is 2.73 bits per heavy atom. The molecule has 26 heavy (non-hydrogen) atoms. The van der Waals surface area contributed by atoms with E-state index in [1.165, 1.54) is 29.0 Å². The highest BCUT2D eigenvalue weighted by molar-refractivity contribution is 7.15. The van der Waals surface area contributed by atoms with Gasteiger partial charge in [0.05, 0.1) is 7.11 Å². The summed E-state index contributed by atoms with van der Waals surface area (Å²) in [4.78, 5) is 41.9. The van der Waals surface area contributed by atoms with E-state index in [-0.39, 0.29) is 12.0 Å². The quantitative estimate of drug-likeness (QED) is 0.688. The average molecular weight is 371 g/mol. The topological polar surface area (TPSA) is 89.8 Å². The van der Waals surface area contributed by atoms with Gasteiger partial charge >= 0.3 is 5.97 Å². The van der Waals surface area contributed by atoms with Crippen LogP contribution < -0.4 is 10.9 Å². The Bertz CT molecular complexity index is 1010. The molecule has 3 rings (SSSR count). The van der Waals surface area contributed by atoms with Crippen molar-refractivity contribution in [3.63, 3.8) is 0 Å². The molecule has 0 unspecified atom stereocenters. The molecular weight excluding hydrogens is 354 g/mol. The summed E-state index contributed by atoms with van der Waals surface area (Å²) < 4.78 is 6.16. The third-order valence-corrected chi connectivity index (χ3v) is 4.89. The van der Waals surface area contributed by atoms with Gasteiger partial charge in [0, 0.05) is 23.7 Å². The van der Waals surface area contributed by atoms with Gasteiger partial charge in [-0.15, -0.1) is 11.3 Å². The maximum absolute atomic E-state index is 12.6. The molecule has 1 amide bonds. The Morgan fingerprint density at radius 1 is 1.31 bits per heavy atom. The third kappa shape index (κ3) is 3.50. The summed E-state index contributed by atoms with van der Waals surface area (Å²) in [6, 6.07) is 8.33. The highest BCUT2D eigenvalue weighted by Gasteiger charge is 2.24. The Hall–Kier alpha value is -3.00. The van der Waals surface area contributed by atoms with Gasteiger partial charge in [-0.3, -0.25) is 14.0 Å². The lowest BCUT2D eigenvalue weighted by Gasteiger charge is -2.16. The maximum atomic E-state index is 12.6. The molecule has 0 spiro atoms. The number of thiazole rings is 1. The largest absolute Gasteiger partial charge is 0.467 e. The summed E-state index contributed by atoms with van der Waals surface area (Å²) in [5.74, 6) is -1.24. The number of carbonyl (C=O) groups excluding carboxylic acids is 2. The molecule has 7 nitrogen and oxygen atoms in total. The van der Waals surface area contributed by atoms with Crippen molar-refractivity contribution in [1.82, 2.24) is 14.7 Å². The number of nitrogens with one attached hydrogen (secondary N) is 1. The summed E-state index contributed by atoms with van der Waals surface area (Å²) >= 11 is 1.32. The zero-order chi connectivity index (χ0) is 18.7. The number of ether oxygens (including phenoxy) is 1. The van der Waals surface area contributed by atoms with Crippen molar-refractivity contribution in [3.05, 3.63) is 69.1 Å². The van der Waals surface area contributed by atoms with Crippen molar-refractivity contribution in [2.24, 2.45) is 0 Å². The smallest absolute Gasteiger partial charge is 0.328 e. The second-order valence-electron chi connectivity index (χ2n) is 5.71. The van der Waals surface area contributed by atoms with Gasteiger partial charge < -0.3 is 10.1 Å². The standard InChI is InChI=1S/C18H17N3O4S/c1-11-10-26-18-19-9-13(16(23)21(11)18)15(22)20-14(17(24)25-2)8-12-6-4-3-5-7-12/h3-7,9-10,14H,8H2,1-2H3,(H,20,22)/t14-/m1/s1. The van der Waals surface area contributed by atoms with Gasteiger partial charge in [-0.1, -0.05) is 30.3 Å². The molecule has 2 heterocycles. The summed E-state index contributed by atoms with van der Waals surface area (Å²) in [6.45, 7) is 1.76. The molecule has 0 saturated carbocycles. The van der Waals surface area contributed by atoms with E-state index in [0.29, 0.717) is 10.7 Å². The van der Waals surface area contributed by atoms with Crippen LogP contribution in [0.15, 0.2) is 46.7 Å². The molecule has 134 valence electrons. The van der Waals surface area contributed by atoms with E-state index in [0.717, 1.165) is 5.56 Å². The summed E-state index contributed by atoms with van der Waals surface area (Å²) in [5.41, 5.74) is 0.980.